The fourth-order valence-electron chi connectivity index (χ4n) is 2.95. The lowest BCUT2D eigenvalue weighted by atomic mass is 9.90. The summed E-state index contributed by atoms with van der Waals surface area (Å²) in [5.41, 5.74) is 7.38. The first-order chi connectivity index (χ1) is 11.5. The maximum Gasteiger partial charge on any atom is 0.316 e. The molecule has 0 radical (unpaired) electrons. The lowest BCUT2D eigenvalue weighted by molar-refractivity contribution is -0.119. The minimum atomic E-state index is -0.622. The summed E-state index contributed by atoms with van der Waals surface area (Å²) in [6.07, 6.45) is 3.75. The summed E-state index contributed by atoms with van der Waals surface area (Å²) in [5.74, 6) is -0.0865. The fourth-order valence-corrected chi connectivity index (χ4v) is 2.95. The van der Waals surface area contributed by atoms with Gasteiger partial charge in [0.1, 0.15) is 0 Å². The molecule has 8 nitrogen and oxygen atoms in total. The number of carbonyl (C=O) groups is 2. The SMILES string of the molecule is Cl.Cn1cc([C@H]2CNC[C@@H]2C(=O)Nc2ccc(NC(N)=O)cc2)cn1. The van der Waals surface area contributed by atoms with E-state index in [2.05, 4.69) is 21.0 Å². The van der Waals surface area contributed by atoms with Crippen LogP contribution in [-0.4, -0.2) is 34.8 Å². The number of aryl methyl sites for hydroxylation is 1. The van der Waals surface area contributed by atoms with Crippen LogP contribution in [0.1, 0.15) is 11.5 Å². The largest absolute Gasteiger partial charge is 0.351 e. The summed E-state index contributed by atoms with van der Waals surface area (Å²) in [5, 5.41) is 12.9. The van der Waals surface area contributed by atoms with E-state index in [1.54, 1.807) is 28.9 Å². The first kappa shape index (κ1) is 18.8. The van der Waals surface area contributed by atoms with Crippen LogP contribution in [0.4, 0.5) is 16.2 Å². The molecule has 134 valence electrons. The van der Waals surface area contributed by atoms with Crippen molar-refractivity contribution in [3.8, 4) is 0 Å². The molecule has 25 heavy (non-hydrogen) atoms. The van der Waals surface area contributed by atoms with Crippen LogP contribution in [0.2, 0.25) is 0 Å². The fraction of sp³-hybridized carbons (Fsp3) is 0.312. The van der Waals surface area contributed by atoms with E-state index in [1.807, 2.05) is 19.4 Å². The molecule has 5 N–H and O–H groups in total. The number of halogens is 1. The predicted octanol–water partition coefficient (Wildman–Crippen LogP) is 1.27. The topological polar surface area (TPSA) is 114 Å². The Labute approximate surface area is 151 Å². The second kappa shape index (κ2) is 8.00. The molecule has 9 heteroatoms. The Bertz CT molecular complexity index is 745. The van der Waals surface area contributed by atoms with Gasteiger partial charge in [0, 0.05) is 43.6 Å². The van der Waals surface area contributed by atoms with Gasteiger partial charge in [-0.3, -0.25) is 9.48 Å². The lowest BCUT2D eigenvalue weighted by Crippen LogP contribution is -2.28. The number of hydrogen-bond donors (Lipinski definition) is 4. The summed E-state index contributed by atoms with van der Waals surface area (Å²) >= 11 is 0. The second-order valence-electron chi connectivity index (χ2n) is 5.87. The van der Waals surface area contributed by atoms with Crippen LogP contribution >= 0.6 is 12.4 Å². The summed E-state index contributed by atoms with van der Waals surface area (Å²) in [6, 6.07) is 6.20. The van der Waals surface area contributed by atoms with Crippen LogP contribution in [0.25, 0.3) is 0 Å². The zero-order valence-corrected chi connectivity index (χ0v) is 14.5. The second-order valence-corrected chi connectivity index (χ2v) is 5.87. The number of rotatable bonds is 4. The lowest BCUT2D eigenvalue weighted by Gasteiger charge is -2.17. The van der Waals surface area contributed by atoms with Crippen LogP contribution < -0.4 is 21.7 Å². The van der Waals surface area contributed by atoms with E-state index in [0.29, 0.717) is 17.9 Å². The van der Waals surface area contributed by atoms with Gasteiger partial charge in [0.05, 0.1) is 12.1 Å². The van der Waals surface area contributed by atoms with Gasteiger partial charge in [0.25, 0.3) is 0 Å². The number of hydrogen-bond acceptors (Lipinski definition) is 4. The van der Waals surface area contributed by atoms with Crippen LogP contribution in [0.15, 0.2) is 36.7 Å². The molecule has 0 aliphatic carbocycles. The van der Waals surface area contributed by atoms with E-state index < -0.39 is 6.03 Å². The number of anilines is 2. The standard InChI is InChI=1S/C16H20N6O2.ClH/c1-22-9-10(6-19-22)13-7-18-8-14(13)15(23)20-11-2-4-12(5-3-11)21-16(17)24;/h2-6,9,13-14,18H,7-8H2,1H3,(H,20,23)(H3,17,21,24);1H/t13-,14+;/m1./s1. The summed E-state index contributed by atoms with van der Waals surface area (Å²) < 4.78 is 1.74. The van der Waals surface area contributed by atoms with E-state index in [-0.39, 0.29) is 30.2 Å². The molecule has 0 spiro atoms. The number of primary amides is 1. The smallest absolute Gasteiger partial charge is 0.316 e. The molecule has 1 fully saturated rings. The number of amides is 3. The van der Waals surface area contributed by atoms with Crippen LogP contribution in [-0.2, 0) is 11.8 Å². The molecule has 3 amide bonds. The molecule has 1 aliphatic heterocycles. The number of nitrogens with two attached hydrogens (primary N) is 1. The average Bonchev–Trinajstić information content (AvgIpc) is 3.17. The Hall–Kier alpha value is -2.58. The third kappa shape index (κ3) is 4.49. The molecule has 0 bridgehead atoms. The van der Waals surface area contributed by atoms with E-state index >= 15 is 0 Å². The third-order valence-electron chi connectivity index (χ3n) is 4.12. The number of carbonyl (C=O) groups excluding carboxylic acids is 2. The van der Waals surface area contributed by atoms with Crippen molar-refractivity contribution in [2.24, 2.45) is 18.7 Å². The molecule has 2 aromatic rings. The summed E-state index contributed by atoms with van der Waals surface area (Å²) in [6.45, 7) is 1.39. The van der Waals surface area contributed by atoms with Crippen molar-refractivity contribution in [2.75, 3.05) is 23.7 Å². The van der Waals surface area contributed by atoms with Crippen LogP contribution in [0, 0.1) is 5.92 Å². The van der Waals surface area contributed by atoms with Crippen molar-refractivity contribution in [2.45, 2.75) is 5.92 Å². The van der Waals surface area contributed by atoms with Crippen molar-refractivity contribution in [3.63, 3.8) is 0 Å². The molecule has 3 rings (SSSR count). The Kier molecular flexibility index (Phi) is 6.00. The number of benzene rings is 1. The van der Waals surface area contributed by atoms with Gasteiger partial charge >= 0.3 is 6.03 Å². The molecular weight excluding hydrogens is 344 g/mol. The van der Waals surface area contributed by atoms with Crippen LogP contribution in [0.5, 0.6) is 0 Å². The van der Waals surface area contributed by atoms with E-state index in [9.17, 15) is 9.59 Å². The van der Waals surface area contributed by atoms with Gasteiger partial charge in [-0.25, -0.2) is 4.79 Å². The molecule has 0 unspecified atom stereocenters. The Morgan fingerprint density at radius 1 is 1.20 bits per heavy atom. The predicted molar refractivity (Wildman–Crippen MR) is 97.8 cm³/mol. The Balaban J connectivity index is 0.00000225. The quantitative estimate of drug-likeness (QED) is 0.654. The summed E-state index contributed by atoms with van der Waals surface area (Å²) in [7, 11) is 1.86. The molecule has 1 saturated heterocycles. The van der Waals surface area contributed by atoms with Gasteiger partial charge in [-0.15, -0.1) is 12.4 Å². The highest BCUT2D eigenvalue weighted by Crippen LogP contribution is 2.29. The van der Waals surface area contributed by atoms with Gasteiger partial charge < -0.3 is 21.7 Å². The number of nitrogens with zero attached hydrogens (tertiary/aromatic N) is 2. The van der Waals surface area contributed by atoms with Gasteiger partial charge in [-0.05, 0) is 29.8 Å². The third-order valence-corrected chi connectivity index (χ3v) is 4.12. The molecule has 1 aromatic heterocycles. The van der Waals surface area contributed by atoms with Crippen LogP contribution in [0.3, 0.4) is 0 Å². The minimum absolute atomic E-state index is 0. The molecular formula is C16H21ClN6O2. The molecule has 0 saturated carbocycles. The molecule has 2 heterocycles. The highest BCUT2D eigenvalue weighted by molar-refractivity contribution is 5.94. The summed E-state index contributed by atoms with van der Waals surface area (Å²) in [4.78, 5) is 23.4. The minimum Gasteiger partial charge on any atom is -0.351 e. The first-order valence-corrected chi connectivity index (χ1v) is 7.69. The van der Waals surface area contributed by atoms with Crippen molar-refractivity contribution in [1.29, 1.82) is 0 Å². The Morgan fingerprint density at radius 2 is 1.84 bits per heavy atom. The zero-order chi connectivity index (χ0) is 17.1. The maximum absolute atomic E-state index is 12.6. The van der Waals surface area contributed by atoms with Gasteiger partial charge in [-0.2, -0.15) is 5.10 Å². The number of aromatic nitrogens is 2. The van der Waals surface area contributed by atoms with Gasteiger partial charge in [-0.1, -0.05) is 0 Å². The number of urea groups is 1. The average molecular weight is 365 g/mol. The Morgan fingerprint density at radius 3 is 2.40 bits per heavy atom. The van der Waals surface area contributed by atoms with Gasteiger partial charge in [0.2, 0.25) is 5.91 Å². The van der Waals surface area contributed by atoms with Crippen molar-refractivity contribution in [1.82, 2.24) is 15.1 Å². The molecule has 2 atom stereocenters. The molecule has 1 aromatic carbocycles. The monoisotopic (exact) mass is 364 g/mol. The zero-order valence-electron chi connectivity index (χ0n) is 13.7. The van der Waals surface area contributed by atoms with E-state index in [4.69, 9.17) is 5.73 Å². The van der Waals surface area contributed by atoms with Crippen molar-refractivity contribution in [3.05, 3.63) is 42.2 Å². The normalized spacial score (nSPS) is 19.1. The van der Waals surface area contributed by atoms with Gasteiger partial charge in [0.15, 0.2) is 0 Å². The van der Waals surface area contributed by atoms with Crippen molar-refractivity contribution < 1.29 is 9.59 Å². The van der Waals surface area contributed by atoms with E-state index in [1.165, 1.54) is 0 Å². The molecule has 1 aliphatic rings. The highest BCUT2D eigenvalue weighted by atomic mass is 35.5. The van der Waals surface area contributed by atoms with E-state index in [0.717, 1.165) is 12.1 Å². The van der Waals surface area contributed by atoms with Crippen molar-refractivity contribution >= 4 is 35.7 Å². The number of nitrogens with one attached hydrogen (secondary N) is 3. The first-order valence-electron chi connectivity index (χ1n) is 7.69. The highest BCUT2D eigenvalue weighted by Gasteiger charge is 2.34. The maximum atomic E-state index is 12.6.